The third-order valence-electron chi connectivity index (χ3n) is 3.50. The molecule has 0 aliphatic rings. The van der Waals surface area contributed by atoms with Crippen LogP contribution in [-0.4, -0.2) is 17.2 Å². The monoisotopic (exact) mass is 287 g/mol. The summed E-state index contributed by atoms with van der Waals surface area (Å²) in [5.74, 6) is 1.53. The third kappa shape index (κ3) is 3.34. The number of aliphatic hydroxyl groups excluding tert-OH is 1. The van der Waals surface area contributed by atoms with Crippen LogP contribution in [0.15, 0.2) is 24.4 Å². The lowest BCUT2D eigenvalue weighted by Crippen LogP contribution is -2.05. The van der Waals surface area contributed by atoms with E-state index in [9.17, 15) is 5.11 Å². The molecule has 0 spiro atoms. The second kappa shape index (κ2) is 6.59. The number of methoxy groups -OCH3 is 1. The summed E-state index contributed by atoms with van der Waals surface area (Å²) < 4.78 is 11.2. The quantitative estimate of drug-likeness (QED) is 0.918. The van der Waals surface area contributed by atoms with Crippen LogP contribution in [0.4, 0.5) is 0 Å². The van der Waals surface area contributed by atoms with E-state index in [1.54, 1.807) is 13.3 Å². The maximum Gasteiger partial charge on any atom is 0.131 e. The van der Waals surface area contributed by atoms with Crippen LogP contribution in [0.25, 0.3) is 0 Å². The van der Waals surface area contributed by atoms with Crippen LogP contribution >= 0.6 is 0 Å². The normalized spacial score (nSPS) is 10.5. The number of aromatic nitrogens is 1. The first-order valence-electron chi connectivity index (χ1n) is 6.89. The van der Waals surface area contributed by atoms with Crippen molar-refractivity contribution < 1.29 is 14.6 Å². The highest BCUT2D eigenvalue weighted by Gasteiger charge is 2.11. The molecule has 2 aromatic rings. The molecule has 0 aliphatic carbocycles. The highest BCUT2D eigenvalue weighted by atomic mass is 16.5. The molecule has 2 rings (SSSR count). The van der Waals surface area contributed by atoms with E-state index in [1.807, 2.05) is 39.0 Å². The second-order valence-electron chi connectivity index (χ2n) is 5.10. The van der Waals surface area contributed by atoms with Crippen LogP contribution in [0.2, 0.25) is 0 Å². The Morgan fingerprint density at radius 1 is 1.19 bits per heavy atom. The van der Waals surface area contributed by atoms with Crippen LogP contribution in [0.3, 0.4) is 0 Å². The molecule has 4 heteroatoms. The molecule has 1 aromatic heterocycles. The van der Waals surface area contributed by atoms with Gasteiger partial charge >= 0.3 is 0 Å². The molecular weight excluding hydrogens is 266 g/mol. The maximum absolute atomic E-state index is 9.40. The molecular formula is C17H21NO3. The fraction of sp³-hybridized carbons (Fsp3) is 0.353. The van der Waals surface area contributed by atoms with Crippen molar-refractivity contribution in [3.05, 3.63) is 52.3 Å². The minimum absolute atomic E-state index is 0.0410. The molecule has 0 atom stereocenters. The number of aliphatic hydroxyl groups is 1. The fourth-order valence-corrected chi connectivity index (χ4v) is 2.34. The van der Waals surface area contributed by atoms with E-state index in [0.717, 1.165) is 33.7 Å². The van der Waals surface area contributed by atoms with E-state index in [1.165, 1.54) is 0 Å². The van der Waals surface area contributed by atoms with Crippen molar-refractivity contribution >= 4 is 0 Å². The van der Waals surface area contributed by atoms with Crippen molar-refractivity contribution in [2.45, 2.75) is 34.0 Å². The molecule has 4 nitrogen and oxygen atoms in total. The van der Waals surface area contributed by atoms with Gasteiger partial charge in [0, 0.05) is 22.9 Å². The number of nitrogens with zero attached hydrogens (tertiary/aromatic N) is 1. The zero-order valence-electron chi connectivity index (χ0n) is 12.9. The van der Waals surface area contributed by atoms with Gasteiger partial charge in [-0.3, -0.25) is 4.98 Å². The number of rotatable bonds is 5. The molecule has 1 aromatic carbocycles. The lowest BCUT2D eigenvalue weighted by molar-refractivity contribution is 0.256. The number of aryl methyl sites for hydroxylation is 2. The summed E-state index contributed by atoms with van der Waals surface area (Å²) in [6.45, 7) is 6.23. The van der Waals surface area contributed by atoms with Crippen molar-refractivity contribution in [3.8, 4) is 11.5 Å². The average molecular weight is 287 g/mol. The predicted molar refractivity (Wildman–Crippen MR) is 81.7 cm³/mol. The van der Waals surface area contributed by atoms with Crippen molar-refractivity contribution in [2.75, 3.05) is 7.11 Å². The van der Waals surface area contributed by atoms with E-state index in [-0.39, 0.29) is 6.61 Å². The van der Waals surface area contributed by atoms with Gasteiger partial charge in [0.05, 0.1) is 19.4 Å². The molecule has 1 N–H and O–H groups in total. The minimum Gasteiger partial charge on any atom is -0.496 e. The summed E-state index contributed by atoms with van der Waals surface area (Å²) in [6, 6.07) is 5.76. The molecule has 0 amide bonds. The SMILES string of the molecule is COc1c(C)cnc(COc2ccc(C)cc2CO)c1C. The zero-order valence-corrected chi connectivity index (χ0v) is 12.9. The average Bonchev–Trinajstić information content (AvgIpc) is 2.48. The zero-order chi connectivity index (χ0) is 15.4. The standard InChI is InChI=1S/C17H21NO3/c1-11-5-6-16(14(7-11)9-19)21-10-15-13(3)17(20-4)12(2)8-18-15/h5-8,19H,9-10H2,1-4H3. The maximum atomic E-state index is 9.40. The molecule has 0 bridgehead atoms. The molecule has 112 valence electrons. The van der Waals surface area contributed by atoms with Crippen molar-refractivity contribution in [1.82, 2.24) is 4.98 Å². The number of pyridine rings is 1. The van der Waals surface area contributed by atoms with Gasteiger partial charge in [0.25, 0.3) is 0 Å². The fourth-order valence-electron chi connectivity index (χ4n) is 2.34. The van der Waals surface area contributed by atoms with E-state index < -0.39 is 0 Å². The number of hydrogen-bond acceptors (Lipinski definition) is 4. The molecule has 0 unspecified atom stereocenters. The van der Waals surface area contributed by atoms with Crippen LogP contribution in [0.1, 0.15) is 27.9 Å². The van der Waals surface area contributed by atoms with Crippen LogP contribution in [-0.2, 0) is 13.2 Å². The Morgan fingerprint density at radius 3 is 2.62 bits per heavy atom. The van der Waals surface area contributed by atoms with E-state index in [4.69, 9.17) is 9.47 Å². The first kappa shape index (κ1) is 15.3. The molecule has 0 fully saturated rings. The summed E-state index contributed by atoms with van der Waals surface area (Å²) in [6.07, 6.45) is 1.78. The van der Waals surface area contributed by atoms with Crippen LogP contribution in [0, 0.1) is 20.8 Å². The van der Waals surface area contributed by atoms with Crippen molar-refractivity contribution in [2.24, 2.45) is 0 Å². The first-order valence-corrected chi connectivity index (χ1v) is 6.89. The topological polar surface area (TPSA) is 51.6 Å². The Bertz CT molecular complexity index is 638. The predicted octanol–water partition coefficient (Wildman–Crippen LogP) is 3.09. The summed E-state index contributed by atoms with van der Waals surface area (Å²) in [4.78, 5) is 4.41. The Hall–Kier alpha value is -2.07. The van der Waals surface area contributed by atoms with E-state index >= 15 is 0 Å². The molecule has 0 radical (unpaired) electrons. The molecule has 21 heavy (non-hydrogen) atoms. The first-order chi connectivity index (χ1) is 10.1. The van der Waals surface area contributed by atoms with Gasteiger partial charge in [0.15, 0.2) is 0 Å². The molecule has 0 saturated carbocycles. The van der Waals surface area contributed by atoms with Gasteiger partial charge in [-0.25, -0.2) is 0 Å². The highest BCUT2D eigenvalue weighted by Crippen LogP contribution is 2.26. The Balaban J connectivity index is 2.21. The van der Waals surface area contributed by atoms with Gasteiger partial charge in [-0.05, 0) is 26.8 Å². The summed E-state index contributed by atoms with van der Waals surface area (Å²) in [5, 5.41) is 9.40. The Morgan fingerprint density at radius 2 is 1.95 bits per heavy atom. The molecule has 0 saturated heterocycles. The second-order valence-corrected chi connectivity index (χ2v) is 5.10. The molecule has 1 heterocycles. The lowest BCUT2D eigenvalue weighted by atomic mass is 10.1. The van der Waals surface area contributed by atoms with Crippen molar-refractivity contribution in [1.29, 1.82) is 0 Å². The molecule has 0 aliphatic heterocycles. The third-order valence-corrected chi connectivity index (χ3v) is 3.50. The minimum atomic E-state index is -0.0410. The summed E-state index contributed by atoms with van der Waals surface area (Å²) >= 11 is 0. The Kier molecular flexibility index (Phi) is 4.81. The largest absolute Gasteiger partial charge is 0.496 e. The number of benzene rings is 1. The van der Waals surface area contributed by atoms with Gasteiger partial charge in [-0.1, -0.05) is 17.7 Å². The van der Waals surface area contributed by atoms with E-state index in [0.29, 0.717) is 12.4 Å². The number of ether oxygens (including phenoxy) is 2. The summed E-state index contributed by atoms with van der Waals surface area (Å²) in [5.41, 5.74) is 4.70. The van der Waals surface area contributed by atoms with E-state index in [2.05, 4.69) is 4.98 Å². The highest BCUT2D eigenvalue weighted by molar-refractivity contribution is 5.41. The lowest BCUT2D eigenvalue weighted by Gasteiger charge is -2.14. The number of hydrogen-bond donors (Lipinski definition) is 1. The van der Waals surface area contributed by atoms with Crippen LogP contribution < -0.4 is 9.47 Å². The summed E-state index contributed by atoms with van der Waals surface area (Å²) in [7, 11) is 1.66. The van der Waals surface area contributed by atoms with Crippen LogP contribution in [0.5, 0.6) is 11.5 Å². The van der Waals surface area contributed by atoms with Crippen molar-refractivity contribution in [3.63, 3.8) is 0 Å². The van der Waals surface area contributed by atoms with Gasteiger partial charge < -0.3 is 14.6 Å². The Labute approximate surface area is 125 Å². The van der Waals surface area contributed by atoms with Gasteiger partial charge in [0.1, 0.15) is 18.1 Å². The van der Waals surface area contributed by atoms with Gasteiger partial charge in [-0.15, -0.1) is 0 Å². The van der Waals surface area contributed by atoms with Gasteiger partial charge in [0.2, 0.25) is 0 Å². The van der Waals surface area contributed by atoms with Gasteiger partial charge in [-0.2, -0.15) is 0 Å². The smallest absolute Gasteiger partial charge is 0.131 e.